The fourth-order valence-corrected chi connectivity index (χ4v) is 4.07. The lowest BCUT2D eigenvalue weighted by molar-refractivity contribution is 0.0963. The van der Waals surface area contributed by atoms with Gasteiger partial charge in [-0.3, -0.25) is 14.6 Å². The van der Waals surface area contributed by atoms with E-state index < -0.39 is 0 Å². The van der Waals surface area contributed by atoms with Crippen molar-refractivity contribution in [2.45, 2.75) is 13.2 Å². The zero-order chi connectivity index (χ0) is 19.6. The summed E-state index contributed by atoms with van der Waals surface area (Å²) in [5.41, 5.74) is 1.94. The molecule has 2 heterocycles. The van der Waals surface area contributed by atoms with Gasteiger partial charge in [0.1, 0.15) is 5.52 Å². The highest BCUT2D eigenvalue weighted by Crippen LogP contribution is 2.20. The molecule has 0 N–H and O–H groups in total. The molecule has 6 nitrogen and oxygen atoms in total. The minimum Gasteiger partial charge on any atom is -0.297 e. The first-order valence-corrected chi connectivity index (χ1v) is 10.0. The van der Waals surface area contributed by atoms with E-state index >= 15 is 0 Å². The monoisotopic (exact) mass is 385 g/mol. The lowest BCUT2D eigenvalue weighted by Gasteiger charge is -2.34. The van der Waals surface area contributed by atoms with Crippen molar-refractivity contribution in [1.29, 1.82) is 0 Å². The van der Waals surface area contributed by atoms with Crippen LogP contribution in [0.2, 0.25) is 0 Å². The third-order valence-electron chi connectivity index (χ3n) is 5.70. The van der Waals surface area contributed by atoms with Gasteiger partial charge in [-0.25, -0.2) is 0 Å². The Morgan fingerprint density at radius 3 is 2.31 bits per heavy atom. The molecule has 3 aromatic carbocycles. The number of hydrogen-bond acceptors (Lipinski definition) is 5. The molecular weight excluding hydrogens is 362 g/mol. The first-order valence-electron chi connectivity index (χ1n) is 10.0. The Morgan fingerprint density at radius 1 is 0.759 bits per heavy atom. The second-order valence-corrected chi connectivity index (χ2v) is 7.59. The highest BCUT2D eigenvalue weighted by atomic mass is 16.1. The standard InChI is InChI=1S/C23H23N5O/c29-23-21-10-3-4-11-22(21)24-25-28(23)17-27-14-12-26(13-15-27)16-19-8-5-7-18-6-1-2-9-20(18)19/h1-11H,12-17H2. The summed E-state index contributed by atoms with van der Waals surface area (Å²) in [6, 6.07) is 22.4. The Hall–Kier alpha value is -3.09. The average Bonchev–Trinajstić information content (AvgIpc) is 2.77. The number of nitrogens with zero attached hydrogens (tertiary/aromatic N) is 5. The summed E-state index contributed by atoms with van der Waals surface area (Å²) >= 11 is 0. The van der Waals surface area contributed by atoms with Crippen molar-refractivity contribution in [2.75, 3.05) is 26.2 Å². The van der Waals surface area contributed by atoms with Crippen LogP contribution in [0.5, 0.6) is 0 Å². The predicted octanol–water partition coefficient (Wildman–Crippen LogP) is 2.72. The van der Waals surface area contributed by atoms with Crippen LogP contribution in [0.3, 0.4) is 0 Å². The number of aromatic nitrogens is 3. The fourth-order valence-electron chi connectivity index (χ4n) is 4.07. The van der Waals surface area contributed by atoms with Gasteiger partial charge < -0.3 is 0 Å². The molecule has 1 aliphatic heterocycles. The average molecular weight is 385 g/mol. The summed E-state index contributed by atoms with van der Waals surface area (Å²) in [7, 11) is 0. The molecule has 0 saturated carbocycles. The summed E-state index contributed by atoms with van der Waals surface area (Å²) in [6.45, 7) is 5.19. The molecular formula is C23H23N5O. The number of piperazine rings is 1. The topological polar surface area (TPSA) is 54.3 Å². The highest BCUT2D eigenvalue weighted by Gasteiger charge is 2.19. The molecule has 29 heavy (non-hydrogen) atoms. The molecule has 0 spiro atoms. The maximum absolute atomic E-state index is 12.7. The van der Waals surface area contributed by atoms with E-state index in [0.717, 1.165) is 32.7 Å². The van der Waals surface area contributed by atoms with E-state index in [-0.39, 0.29) is 5.56 Å². The van der Waals surface area contributed by atoms with Crippen molar-refractivity contribution in [3.05, 3.63) is 82.6 Å². The van der Waals surface area contributed by atoms with Crippen LogP contribution < -0.4 is 5.56 Å². The fraction of sp³-hybridized carbons (Fsp3) is 0.261. The minimum atomic E-state index is -0.0752. The van der Waals surface area contributed by atoms with Gasteiger partial charge in [0, 0.05) is 32.7 Å². The van der Waals surface area contributed by atoms with Gasteiger partial charge in [0.2, 0.25) is 0 Å². The van der Waals surface area contributed by atoms with Gasteiger partial charge in [-0.05, 0) is 28.5 Å². The summed E-state index contributed by atoms with van der Waals surface area (Å²) in [6.07, 6.45) is 0. The molecule has 0 bridgehead atoms. The number of rotatable bonds is 4. The first-order chi connectivity index (χ1) is 14.3. The maximum atomic E-state index is 12.7. The number of fused-ring (bicyclic) bond motifs is 2. The number of hydrogen-bond donors (Lipinski definition) is 0. The van der Waals surface area contributed by atoms with Crippen LogP contribution >= 0.6 is 0 Å². The molecule has 146 valence electrons. The van der Waals surface area contributed by atoms with Crippen molar-refractivity contribution in [2.24, 2.45) is 0 Å². The molecule has 0 amide bonds. The normalized spacial score (nSPS) is 15.9. The smallest absolute Gasteiger partial charge is 0.278 e. The van der Waals surface area contributed by atoms with Crippen LogP contribution in [0.25, 0.3) is 21.7 Å². The molecule has 0 radical (unpaired) electrons. The van der Waals surface area contributed by atoms with Crippen LogP contribution in [-0.2, 0) is 13.2 Å². The van der Waals surface area contributed by atoms with Crippen molar-refractivity contribution in [1.82, 2.24) is 24.8 Å². The Morgan fingerprint density at radius 2 is 1.45 bits per heavy atom. The molecule has 6 heteroatoms. The van der Waals surface area contributed by atoms with Crippen LogP contribution in [-0.4, -0.2) is 51.0 Å². The molecule has 4 aromatic rings. The van der Waals surface area contributed by atoms with Crippen LogP contribution in [0.15, 0.2) is 71.5 Å². The second-order valence-electron chi connectivity index (χ2n) is 7.59. The van der Waals surface area contributed by atoms with Crippen molar-refractivity contribution >= 4 is 21.7 Å². The van der Waals surface area contributed by atoms with Crippen LogP contribution in [0, 0.1) is 0 Å². The summed E-state index contributed by atoms with van der Waals surface area (Å²) in [5.74, 6) is 0. The largest absolute Gasteiger partial charge is 0.297 e. The van der Waals surface area contributed by atoms with E-state index in [2.05, 4.69) is 62.6 Å². The molecule has 0 aliphatic carbocycles. The van der Waals surface area contributed by atoms with Crippen molar-refractivity contribution in [3.63, 3.8) is 0 Å². The SMILES string of the molecule is O=c1c2ccccc2nnn1CN1CCN(Cc2cccc3ccccc23)CC1. The molecule has 1 aliphatic rings. The Kier molecular flexibility index (Phi) is 4.79. The quantitative estimate of drug-likeness (QED) is 0.541. The lowest BCUT2D eigenvalue weighted by Crippen LogP contribution is -2.47. The van der Waals surface area contributed by atoms with Gasteiger partial charge in [0.05, 0.1) is 12.1 Å². The van der Waals surface area contributed by atoms with E-state index in [1.54, 1.807) is 0 Å². The zero-order valence-electron chi connectivity index (χ0n) is 16.2. The second kappa shape index (κ2) is 7.73. The molecule has 0 atom stereocenters. The predicted molar refractivity (Wildman–Crippen MR) is 115 cm³/mol. The molecule has 1 aromatic heterocycles. The third kappa shape index (κ3) is 3.64. The molecule has 5 rings (SSSR count). The zero-order valence-corrected chi connectivity index (χ0v) is 16.2. The first kappa shape index (κ1) is 18.0. The summed E-state index contributed by atoms with van der Waals surface area (Å²) in [5, 5.41) is 11.5. The number of benzene rings is 3. The highest BCUT2D eigenvalue weighted by molar-refractivity contribution is 5.85. The van der Waals surface area contributed by atoms with Gasteiger partial charge in [-0.1, -0.05) is 59.8 Å². The lowest BCUT2D eigenvalue weighted by atomic mass is 10.0. The van der Waals surface area contributed by atoms with Crippen molar-refractivity contribution in [3.8, 4) is 0 Å². The Balaban J connectivity index is 1.25. The van der Waals surface area contributed by atoms with Crippen LogP contribution in [0.4, 0.5) is 0 Å². The van der Waals surface area contributed by atoms with Gasteiger partial charge in [-0.2, -0.15) is 4.68 Å². The van der Waals surface area contributed by atoms with E-state index in [9.17, 15) is 4.79 Å². The molecule has 1 saturated heterocycles. The Labute approximate surface area is 169 Å². The Bertz CT molecular complexity index is 1210. The van der Waals surface area contributed by atoms with E-state index in [0.29, 0.717) is 17.6 Å². The summed E-state index contributed by atoms with van der Waals surface area (Å²) in [4.78, 5) is 17.4. The van der Waals surface area contributed by atoms with Crippen molar-refractivity contribution < 1.29 is 0 Å². The van der Waals surface area contributed by atoms with E-state index in [1.807, 2.05) is 24.3 Å². The van der Waals surface area contributed by atoms with Crippen LogP contribution in [0.1, 0.15) is 5.56 Å². The maximum Gasteiger partial charge on any atom is 0.278 e. The van der Waals surface area contributed by atoms with E-state index in [4.69, 9.17) is 0 Å². The summed E-state index contributed by atoms with van der Waals surface area (Å²) < 4.78 is 1.47. The van der Waals surface area contributed by atoms with Gasteiger partial charge in [0.15, 0.2) is 0 Å². The van der Waals surface area contributed by atoms with Gasteiger partial charge >= 0.3 is 0 Å². The molecule has 1 fully saturated rings. The van der Waals surface area contributed by atoms with Gasteiger partial charge in [0.25, 0.3) is 5.56 Å². The molecule has 0 unspecified atom stereocenters. The van der Waals surface area contributed by atoms with E-state index in [1.165, 1.54) is 21.0 Å². The van der Waals surface area contributed by atoms with Gasteiger partial charge in [-0.15, -0.1) is 5.10 Å². The third-order valence-corrected chi connectivity index (χ3v) is 5.70. The minimum absolute atomic E-state index is 0.0752.